The Hall–Kier alpha value is -2.74. The molecule has 0 aromatic heterocycles. The molecule has 1 heterocycles. The molecule has 2 heteroatoms. The first-order chi connectivity index (χ1) is 11.3. The smallest absolute Gasteiger partial charge is 0.149 e. The summed E-state index contributed by atoms with van der Waals surface area (Å²) in [6, 6.07) is 22.9. The number of ether oxygens (including phenoxy) is 2. The lowest BCUT2D eigenvalue weighted by atomic mass is 9.89. The van der Waals surface area contributed by atoms with Crippen molar-refractivity contribution < 1.29 is 9.47 Å². The molecule has 0 N–H and O–H groups in total. The van der Waals surface area contributed by atoms with Crippen molar-refractivity contribution in [3.05, 3.63) is 83.4 Å². The van der Waals surface area contributed by atoms with Crippen LogP contribution >= 0.6 is 0 Å². The molecule has 3 aromatic carbocycles. The summed E-state index contributed by atoms with van der Waals surface area (Å²) in [6.07, 6.45) is -0.0913. The Morgan fingerprint density at radius 1 is 0.870 bits per heavy atom. The maximum atomic E-state index is 6.32. The molecule has 1 aliphatic rings. The van der Waals surface area contributed by atoms with Gasteiger partial charge in [-0.15, -0.1) is 0 Å². The summed E-state index contributed by atoms with van der Waals surface area (Å²) >= 11 is 0. The van der Waals surface area contributed by atoms with E-state index in [0.29, 0.717) is 0 Å². The highest BCUT2D eigenvalue weighted by Gasteiger charge is 2.27. The molecule has 1 atom stereocenters. The lowest BCUT2D eigenvalue weighted by Gasteiger charge is -2.29. The van der Waals surface area contributed by atoms with E-state index in [1.54, 1.807) is 7.11 Å². The third-order valence-corrected chi connectivity index (χ3v) is 4.35. The van der Waals surface area contributed by atoms with Crippen LogP contribution in [0.25, 0.3) is 11.1 Å². The predicted molar refractivity (Wildman–Crippen MR) is 92.1 cm³/mol. The van der Waals surface area contributed by atoms with Gasteiger partial charge < -0.3 is 9.47 Å². The molecule has 0 spiro atoms. The highest BCUT2D eigenvalue weighted by atomic mass is 16.5. The van der Waals surface area contributed by atoms with Gasteiger partial charge in [0.2, 0.25) is 0 Å². The van der Waals surface area contributed by atoms with Gasteiger partial charge in [0, 0.05) is 11.1 Å². The Morgan fingerprint density at radius 3 is 2.43 bits per heavy atom. The predicted octanol–water partition coefficient (Wildman–Crippen LogP) is 5.15. The standard InChI is InChI=1S/C21H18O2/c1-14-7-9-15(10-8-14)21-18-12-11-16(22-2)13-19(18)17-5-3-4-6-20(17)23-21/h3-13,21H,1-2H3. The number of hydrogen-bond acceptors (Lipinski definition) is 2. The molecule has 0 bridgehead atoms. The molecule has 0 fully saturated rings. The van der Waals surface area contributed by atoms with E-state index in [9.17, 15) is 0 Å². The van der Waals surface area contributed by atoms with Gasteiger partial charge in [-0.1, -0.05) is 54.1 Å². The van der Waals surface area contributed by atoms with Gasteiger partial charge in [-0.2, -0.15) is 0 Å². The van der Waals surface area contributed by atoms with Gasteiger partial charge in [-0.3, -0.25) is 0 Å². The first-order valence-corrected chi connectivity index (χ1v) is 7.77. The molecule has 23 heavy (non-hydrogen) atoms. The van der Waals surface area contributed by atoms with Gasteiger partial charge in [0.25, 0.3) is 0 Å². The zero-order valence-electron chi connectivity index (χ0n) is 13.2. The van der Waals surface area contributed by atoms with E-state index >= 15 is 0 Å². The number of methoxy groups -OCH3 is 1. The van der Waals surface area contributed by atoms with Crippen molar-refractivity contribution in [2.75, 3.05) is 7.11 Å². The normalized spacial score (nSPS) is 15.3. The molecule has 0 radical (unpaired) electrons. The Morgan fingerprint density at radius 2 is 1.65 bits per heavy atom. The molecule has 114 valence electrons. The fraction of sp³-hybridized carbons (Fsp3) is 0.143. The van der Waals surface area contributed by atoms with Crippen LogP contribution in [0.1, 0.15) is 22.8 Å². The van der Waals surface area contributed by atoms with Crippen LogP contribution in [0.2, 0.25) is 0 Å². The molecule has 2 nitrogen and oxygen atoms in total. The van der Waals surface area contributed by atoms with Crippen LogP contribution in [0.4, 0.5) is 0 Å². The summed E-state index contributed by atoms with van der Waals surface area (Å²) < 4.78 is 11.7. The summed E-state index contributed by atoms with van der Waals surface area (Å²) in [5.41, 5.74) is 5.88. The first-order valence-electron chi connectivity index (χ1n) is 7.77. The van der Waals surface area contributed by atoms with Crippen LogP contribution in [0.3, 0.4) is 0 Å². The fourth-order valence-electron chi connectivity index (χ4n) is 3.10. The number of benzene rings is 3. The molecule has 4 rings (SSSR count). The van der Waals surface area contributed by atoms with Crippen LogP contribution in [0, 0.1) is 6.92 Å². The first kappa shape index (κ1) is 13.9. The molecule has 1 unspecified atom stereocenters. The third kappa shape index (κ3) is 2.36. The molecule has 0 saturated heterocycles. The fourth-order valence-corrected chi connectivity index (χ4v) is 3.10. The van der Waals surface area contributed by atoms with Gasteiger partial charge in [-0.05, 0) is 36.2 Å². The lowest BCUT2D eigenvalue weighted by Crippen LogP contribution is -2.15. The average Bonchev–Trinajstić information content (AvgIpc) is 2.61. The van der Waals surface area contributed by atoms with Gasteiger partial charge in [0.05, 0.1) is 7.11 Å². The van der Waals surface area contributed by atoms with E-state index in [2.05, 4.69) is 49.4 Å². The topological polar surface area (TPSA) is 18.5 Å². The van der Waals surface area contributed by atoms with Gasteiger partial charge in [0.15, 0.2) is 0 Å². The van der Waals surface area contributed by atoms with Crippen LogP contribution in [-0.2, 0) is 0 Å². The minimum absolute atomic E-state index is 0.0913. The Kier molecular flexibility index (Phi) is 3.30. The van der Waals surface area contributed by atoms with Gasteiger partial charge >= 0.3 is 0 Å². The molecule has 0 amide bonds. The summed E-state index contributed by atoms with van der Waals surface area (Å²) in [4.78, 5) is 0. The minimum atomic E-state index is -0.0913. The van der Waals surface area contributed by atoms with Crippen molar-refractivity contribution in [3.63, 3.8) is 0 Å². The minimum Gasteiger partial charge on any atom is -0.497 e. The van der Waals surface area contributed by atoms with Crippen molar-refractivity contribution >= 4 is 0 Å². The molecule has 0 saturated carbocycles. The van der Waals surface area contributed by atoms with E-state index in [0.717, 1.165) is 22.6 Å². The number of fused-ring (bicyclic) bond motifs is 3. The molecule has 3 aromatic rings. The second kappa shape index (κ2) is 5.47. The third-order valence-electron chi connectivity index (χ3n) is 4.35. The highest BCUT2D eigenvalue weighted by molar-refractivity contribution is 5.77. The second-order valence-electron chi connectivity index (χ2n) is 5.86. The molecular weight excluding hydrogens is 284 g/mol. The van der Waals surface area contributed by atoms with Crippen molar-refractivity contribution in [3.8, 4) is 22.6 Å². The zero-order chi connectivity index (χ0) is 15.8. The van der Waals surface area contributed by atoms with E-state index in [4.69, 9.17) is 9.47 Å². The summed E-state index contributed by atoms with van der Waals surface area (Å²) in [7, 11) is 1.70. The Balaban J connectivity index is 1.90. The largest absolute Gasteiger partial charge is 0.497 e. The van der Waals surface area contributed by atoms with E-state index in [1.807, 2.05) is 24.3 Å². The summed E-state index contributed by atoms with van der Waals surface area (Å²) in [6.45, 7) is 2.10. The number of hydrogen-bond donors (Lipinski definition) is 0. The Labute approximate surface area is 136 Å². The van der Waals surface area contributed by atoms with E-state index < -0.39 is 0 Å². The van der Waals surface area contributed by atoms with Gasteiger partial charge in [0.1, 0.15) is 17.6 Å². The number of para-hydroxylation sites is 1. The molecular formula is C21H18O2. The SMILES string of the molecule is COc1ccc2c(c1)-c1ccccc1OC2c1ccc(C)cc1. The highest BCUT2D eigenvalue weighted by Crippen LogP contribution is 2.45. The molecule has 1 aliphatic heterocycles. The van der Waals surface area contributed by atoms with Crippen LogP contribution in [0.15, 0.2) is 66.7 Å². The van der Waals surface area contributed by atoms with Crippen LogP contribution in [0.5, 0.6) is 11.5 Å². The second-order valence-corrected chi connectivity index (χ2v) is 5.86. The van der Waals surface area contributed by atoms with Crippen LogP contribution < -0.4 is 9.47 Å². The van der Waals surface area contributed by atoms with E-state index in [1.165, 1.54) is 16.7 Å². The van der Waals surface area contributed by atoms with E-state index in [-0.39, 0.29) is 6.10 Å². The lowest BCUT2D eigenvalue weighted by molar-refractivity contribution is 0.243. The van der Waals surface area contributed by atoms with Crippen molar-refractivity contribution in [1.29, 1.82) is 0 Å². The quantitative estimate of drug-likeness (QED) is 0.651. The average molecular weight is 302 g/mol. The number of rotatable bonds is 2. The van der Waals surface area contributed by atoms with Crippen molar-refractivity contribution in [2.24, 2.45) is 0 Å². The molecule has 0 aliphatic carbocycles. The maximum Gasteiger partial charge on any atom is 0.149 e. The number of aryl methyl sites for hydroxylation is 1. The van der Waals surface area contributed by atoms with Crippen LogP contribution in [-0.4, -0.2) is 7.11 Å². The monoisotopic (exact) mass is 302 g/mol. The van der Waals surface area contributed by atoms with Gasteiger partial charge in [-0.25, -0.2) is 0 Å². The Bertz CT molecular complexity index is 850. The van der Waals surface area contributed by atoms with Crippen molar-refractivity contribution in [2.45, 2.75) is 13.0 Å². The summed E-state index contributed by atoms with van der Waals surface area (Å²) in [5, 5.41) is 0. The maximum absolute atomic E-state index is 6.32. The van der Waals surface area contributed by atoms with Crippen molar-refractivity contribution in [1.82, 2.24) is 0 Å². The zero-order valence-corrected chi connectivity index (χ0v) is 13.2. The summed E-state index contributed by atoms with van der Waals surface area (Å²) in [5.74, 6) is 1.78.